The smallest absolute Gasteiger partial charge is 0.266 e. The number of hydrogen-bond donors (Lipinski definition) is 1. The second kappa shape index (κ2) is 13.0. The molecule has 0 spiro atoms. The summed E-state index contributed by atoms with van der Waals surface area (Å²) in [4.78, 5) is 58.2. The number of carbonyl (C=O) groups is 4. The summed E-state index contributed by atoms with van der Waals surface area (Å²) in [6.07, 6.45) is 0. The SMILES string of the molecule is Cc1cc(C)c(-c2ccc3c(c2)C(=O)N(c2cc(C)c(-c4cc(C)c(N5C(=O)c6ccc(-c7c(C)cc(N)cc7C)cc6C5=O)cc4C)cc2C)C3=O)c(C)c1. The van der Waals surface area contributed by atoms with Crippen LogP contribution in [0.3, 0.4) is 0 Å². The summed E-state index contributed by atoms with van der Waals surface area (Å²) in [6, 6.07) is 26.9. The number of aryl methyl sites for hydroxylation is 9. The molecule has 2 N–H and O–H groups in total. The van der Waals surface area contributed by atoms with Gasteiger partial charge in [-0.3, -0.25) is 19.2 Å². The average Bonchev–Trinajstić information content (AvgIpc) is 3.52. The molecule has 0 aromatic heterocycles. The van der Waals surface area contributed by atoms with Crippen LogP contribution in [-0.2, 0) is 0 Å². The molecule has 0 atom stereocenters. The number of nitrogens with zero attached hydrogens (tertiary/aromatic N) is 2. The summed E-state index contributed by atoms with van der Waals surface area (Å²) in [5, 5.41) is 0. The lowest BCUT2D eigenvalue weighted by Crippen LogP contribution is -2.30. The molecule has 0 saturated carbocycles. The predicted octanol–water partition coefficient (Wildman–Crippen LogP) is 10.6. The molecule has 7 nitrogen and oxygen atoms in total. The Morgan fingerprint density at radius 3 is 1.11 bits per heavy atom. The Balaban J connectivity index is 1.10. The Bertz CT molecular complexity index is 2560. The summed E-state index contributed by atoms with van der Waals surface area (Å²) in [5.74, 6) is -1.40. The number of nitrogen functional groups attached to an aromatic ring is 1. The first-order valence-corrected chi connectivity index (χ1v) is 18.8. The lowest BCUT2D eigenvalue weighted by molar-refractivity contribution is 0.0910. The minimum atomic E-state index is -0.360. The number of amides is 4. The maximum Gasteiger partial charge on any atom is 0.266 e. The van der Waals surface area contributed by atoms with Crippen LogP contribution in [0.5, 0.6) is 0 Å². The van der Waals surface area contributed by atoms with E-state index in [1.165, 1.54) is 15.4 Å². The number of imide groups is 2. The van der Waals surface area contributed by atoms with Gasteiger partial charge in [-0.2, -0.15) is 0 Å². The fourth-order valence-electron chi connectivity index (χ4n) is 8.98. The van der Waals surface area contributed by atoms with Crippen LogP contribution in [-0.4, -0.2) is 23.6 Å². The van der Waals surface area contributed by atoms with Gasteiger partial charge in [0.2, 0.25) is 0 Å². The van der Waals surface area contributed by atoms with Crippen LogP contribution < -0.4 is 15.5 Å². The molecule has 2 aliphatic heterocycles. The maximum absolute atomic E-state index is 14.0. The summed E-state index contributed by atoms with van der Waals surface area (Å²) in [7, 11) is 0. The van der Waals surface area contributed by atoms with Gasteiger partial charge in [0, 0.05) is 5.69 Å². The van der Waals surface area contributed by atoms with Gasteiger partial charge in [-0.05, 0) is 201 Å². The van der Waals surface area contributed by atoms with E-state index in [2.05, 4.69) is 32.9 Å². The van der Waals surface area contributed by atoms with Crippen molar-refractivity contribution in [3.63, 3.8) is 0 Å². The average molecular weight is 738 g/mol. The van der Waals surface area contributed by atoms with Crippen molar-refractivity contribution < 1.29 is 19.2 Å². The van der Waals surface area contributed by atoms with Crippen molar-refractivity contribution in [1.29, 1.82) is 0 Å². The van der Waals surface area contributed by atoms with Crippen LogP contribution in [0.25, 0.3) is 33.4 Å². The molecule has 0 saturated heterocycles. The van der Waals surface area contributed by atoms with Crippen LogP contribution in [0.4, 0.5) is 17.1 Å². The van der Waals surface area contributed by atoms with Crippen molar-refractivity contribution in [3.05, 3.63) is 157 Å². The standard InChI is InChI=1S/C49H43N3O4/c1-24-14-29(6)44(30(7)15-24)33-10-12-36-40(22-33)48(55)51(46(36)53)42-20-25(2)38(18-27(42)4)39-19-28(5)43(21-26(39)3)52-47(54)37-13-11-34(23-41(37)49(52)56)45-31(8)16-35(50)17-32(45)9/h10-23H,50H2,1-9H3. The van der Waals surface area contributed by atoms with E-state index in [0.29, 0.717) is 39.3 Å². The Morgan fingerprint density at radius 2 is 0.714 bits per heavy atom. The second-order valence-corrected chi connectivity index (χ2v) is 15.6. The molecule has 4 amide bonds. The molecule has 0 radical (unpaired) electrons. The number of anilines is 3. The second-order valence-electron chi connectivity index (χ2n) is 15.6. The molecule has 7 heteroatoms. The minimum Gasteiger partial charge on any atom is -0.399 e. The van der Waals surface area contributed by atoms with Gasteiger partial charge >= 0.3 is 0 Å². The van der Waals surface area contributed by atoms with Crippen LogP contribution in [0, 0.1) is 62.3 Å². The zero-order valence-corrected chi connectivity index (χ0v) is 33.2. The van der Waals surface area contributed by atoms with Gasteiger partial charge in [-0.15, -0.1) is 0 Å². The van der Waals surface area contributed by atoms with Crippen LogP contribution in [0.15, 0.2) is 84.9 Å². The van der Waals surface area contributed by atoms with Gasteiger partial charge in [0.15, 0.2) is 0 Å². The van der Waals surface area contributed by atoms with E-state index in [4.69, 9.17) is 5.73 Å². The lowest BCUT2D eigenvalue weighted by Gasteiger charge is -2.22. The van der Waals surface area contributed by atoms with Gasteiger partial charge in [0.1, 0.15) is 0 Å². The van der Waals surface area contributed by atoms with Crippen molar-refractivity contribution in [2.24, 2.45) is 0 Å². The van der Waals surface area contributed by atoms with Gasteiger partial charge in [-0.1, -0.05) is 29.8 Å². The Hall–Kier alpha value is -6.60. The molecule has 0 unspecified atom stereocenters. The quantitative estimate of drug-likeness (QED) is 0.140. The summed E-state index contributed by atoms with van der Waals surface area (Å²) in [6.45, 7) is 17.9. The molecule has 0 aliphatic carbocycles. The largest absolute Gasteiger partial charge is 0.399 e. The van der Waals surface area contributed by atoms with Crippen molar-refractivity contribution in [1.82, 2.24) is 0 Å². The van der Waals surface area contributed by atoms with E-state index in [0.717, 1.165) is 77.9 Å². The van der Waals surface area contributed by atoms with Crippen LogP contribution in [0.1, 0.15) is 91.5 Å². The van der Waals surface area contributed by atoms with Gasteiger partial charge < -0.3 is 5.73 Å². The van der Waals surface area contributed by atoms with Gasteiger partial charge in [0.25, 0.3) is 23.6 Å². The molecule has 2 heterocycles. The zero-order valence-electron chi connectivity index (χ0n) is 33.2. The van der Waals surface area contributed by atoms with E-state index in [9.17, 15) is 19.2 Å². The molecule has 278 valence electrons. The number of nitrogens with two attached hydrogens (primary N) is 1. The van der Waals surface area contributed by atoms with E-state index in [1.54, 1.807) is 12.1 Å². The van der Waals surface area contributed by atoms with Crippen LogP contribution >= 0.6 is 0 Å². The fraction of sp³-hybridized carbons (Fsp3) is 0.184. The molecular formula is C49H43N3O4. The number of hydrogen-bond acceptors (Lipinski definition) is 5. The Labute approximate surface area is 327 Å². The third-order valence-corrected chi connectivity index (χ3v) is 11.4. The Morgan fingerprint density at radius 1 is 0.357 bits per heavy atom. The number of benzene rings is 6. The normalized spacial score (nSPS) is 13.6. The molecule has 8 rings (SSSR count). The van der Waals surface area contributed by atoms with E-state index < -0.39 is 0 Å². The van der Waals surface area contributed by atoms with Gasteiger partial charge in [0.05, 0.1) is 33.6 Å². The highest BCUT2D eigenvalue weighted by Crippen LogP contribution is 2.41. The molecule has 2 aliphatic rings. The fourth-order valence-corrected chi connectivity index (χ4v) is 8.98. The molecular weight excluding hydrogens is 695 g/mol. The third kappa shape index (κ3) is 5.57. The number of carbonyl (C=O) groups excluding carboxylic acids is 4. The van der Waals surface area contributed by atoms with E-state index in [1.807, 2.05) is 102 Å². The zero-order chi connectivity index (χ0) is 40.1. The van der Waals surface area contributed by atoms with E-state index >= 15 is 0 Å². The number of fused-ring (bicyclic) bond motifs is 2. The molecule has 0 bridgehead atoms. The maximum atomic E-state index is 14.0. The first-order chi connectivity index (χ1) is 26.5. The summed E-state index contributed by atoms with van der Waals surface area (Å²) < 4.78 is 0. The monoisotopic (exact) mass is 737 g/mol. The predicted molar refractivity (Wildman–Crippen MR) is 225 cm³/mol. The van der Waals surface area contributed by atoms with Crippen molar-refractivity contribution in [3.8, 4) is 33.4 Å². The highest BCUT2D eigenvalue weighted by atomic mass is 16.2. The first kappa shape index (κ1) is 36.4. The first-order valence-electron chi connectivity index (χ1n) is 18.8. The Kier molecular flexibility index (Phi) is 8.46. The minimum absolute atomic E-state index is 0.340. The summed E-state index contributed by atoms with van der Waals surface area (Å²) in [5.41, 5.74) is 23.8. The van der Waals surface area contributed by atoms with Crippen molar-refractivity contribution in [2.45, 2.75) is 62.3 Å². The number of rotatable bonds is 5. The topological polar surface area (TPSA) is 101 Å². The summed E-state index contributed by atoms with van der Waals surface area (Å²) >= 11 is 0. The highest BCUT2D eigenvalue weighted by molar-refractivity contribution is 6.36. The van der Waals surface area contributed by atoms with E-state index in [-0.39, 0.29) is 23.6 Å². The highest BCUT2D eigenvalue weighted by Gasteiger charge is 2.39. The van der Waals surface area contributed by atoms with Crippen LogP contribution in [0.2, 0.25) is 0 Å². The molecule has 6 aromatic carbocycles. The lowest BCUT2D eigenvalue weighted by atomic mass is 9.92. The van der Waals surface area contributed by atoms with Gasteiger partial charge in [-0.25, -0.2) is 9.80 Å². The molecule has 0 fully saturated rings. The van der Waals surface area contributed by atoms with Crippen molar-refractivity contribution in [2.75, 3.05) is 15.5 Å². The van der Waals surface area contributed by atoms with Crippen molar-refractivity contribution >= 4 is 40.7 Å². The molecule has 6 aromatic rings. The molecule has 56 heavy (non-hydrogen) atoms. The third-order valence-electron chi connectivity index (χ3n) is 11.4.